The van der Waals surface area contributed by atoms with Crippen LogP contribution in [0.4, 0.5) is 17.6 Å². The molecule has 3 aromatic rings. The summed E-state index contributed by atoms with van der Waals surface area (Å²) in [5.41, 5.74) is 8.16. The molecule has 0 radical (unpaired) electrons. The molecule has 0 spiro atoms. The van der Waals surface area contributed by atoms with Crippen LogP contribution in [0.3, 0.4) is 0 Å². The number of para-hydroxylation sites is 1. The third kappa shape index (κ3) is 4.54. The fourth-order valence-electron chi connectivity index (χ4n) is 4.35. The van der Waals surface area contributed by atoms with E-state index in [0.717, 1.165) is 43.0 Å². The lowest BCUT2D eigenvalue weighted by molar-refractivity contribution is -0.932. The molecule has 2 aliphatic heterocycles. The molecule has 4 N–H and O–H groups in total. The summed E-state index contributed by atoms with van der Waals surface area (Å²) < 4.78 is 11.7. The smallest absolute Gasteiger partial charge is 0.232 e. The quantitative estimate of drug-likeness (QED) is 0.583. The van der Waals surface area contributed by atoms with Gasteiger partial charge in [0, 0.05) is 30.5 Å². The second-order valence-electron chi connectivity index (χ2n) is 7.96. The van der Waals surface area contributed by atoms with Crippen LogP contribution >= 0.6 is 0 Å². The molecule has 1 unspecified atom stereocenters. The average molecular weight is 420 g/mol. The number of anilines is 3. The van der Waals surface area contributed by atoms with Gasteiger partial charge < -0.3 is 25.4 Å². The van der Waals surface area contributed by atoms with E-state index >= 15 is 0 Å². The SMILES string of the molecule is Nc1nc(C[NH+]2CCC[C@H]2c2ccc3c(c2)OCCCO3)nc(Nc2ccccc2)n1. The third-order valence-corrected chi connectivity index (χ3v) is 5.77. The molecular weight excluding hydrogens is 392 g/mol. The van der Waals surface area contributed by atoms with Crippen molar-refractivity contribution in [2.75, 3.05) is 30.8 Å². The Kier molecular flexibility index (Phi) is 5.54. The number of nitrogen functional groups attached to an aromatic ring is 1. The van der Waals surface area contributed by atoms with E-state index in [1.165, 1.54) is 10.5 Å². The number of nitrogens with zero attached hydrogens (tertiary/aromatic N) is 3. The fourth-order valence-corrected chi connectivity index (χ4v) is 4.35. The number of hydrogen-bond donors (Lipinski definition) is 3. The molecule has 5 rings (SSSR count). The lowest BCUT2D eigenvalue weighted by Crippen LogP contribution is -3.09. The topological polar surface area (TPSA) is 99.6 Å². The third-order valence-electron chi connectivity index (χ3n) is 5.77. The van der Waals surface area contributed by atoms with Crippen LogP contribution < -0.4 is 25.4 Å². The molecule has 160 valence electrons. The van der Waals surface area contributed by atoms with Crippen LogP contribution in [0.15, 0.2) is 48.5 Å². The summed E-state index contributed by atoms with van der Waals surface area (Å²) in [5.74, 6) is 3.08. The number of nitrogens with one attached hydrogen (secondary N) is 2. The van der Waals surface area contributed by atoms with Gasteiger partial charge in [-0.15, -0.1) is 0 Å². The summed E-state index contributed by atoms with van der Waals surface area (Å²) in [7, 11) is 0. The minimum atomic E-state index is 0.231. The maximum absolute atomic E-state index is 5.98. The molecule has 0 saturated carbocycles. The van der Waals surface area contributed by atoms with Crippen molar-refractivity contribution in [3.8, 4) is 11.5 Å². The maximum Gasteiger partial charge on any atom is 0.232 e. The van der Waals surface area contributed by atoms with Crippen molar-refractivity contribution < 1.29 is 14.4 Å². The lowest BCUT2D eigenvalue weighted by atomic mass is 10.0. The van der Waals surface area contributed by atoms with Crippen molar-refractivity contribution in [1.29, 1.82) is 0 Å². The van der Waals surface area contributed by atoms with E-state index in [-0.39, 0.29) is 5.95 Å². The number of fused-ring (bicyclic) bond motifs is 1. The summed E-state index contributed by atoms with van der Waals surface area (Å²) in [5, 5.41) is 3.21. The Balaban J connectivity index is 1.34. The van der Waals surface area contributed by atoms with Crippen LogP contribution in [-0.2, 0) is 6.54 Å². The van der Waals surface area contributed by atoms with E-state index in [1.807, 2.05) is 36.4 Å². The molecule has 1 saturated heterocycles. The van der Waals surface area contributed by atoms with Crippen molar-refractivity contribution in [3.63, 3.8) is 0 Å². The second-order valence-corrected chi connectivity index (χ2v) is 7.96. The molecule has 0 aliphatic carbocycles. The van der Waals surface area contributed by atoms with Gasteiger partial charge in [0.05, 0.1) is 19.8 Å². The van der Waals surface area contributed by atoms with Gasteiger partial charge in [-0.2, -0.15) is 15.0 Å². The number of aromatic nitrogens is 3. The first-order valence-electron chi connectivity index (χ1n) is 10.8. The molecule has 0 bridgehead atoms. The number of ether oxygens (including phenoxy) is 2. The molecule has 2 aliphatic rings. The molecule has 31 heavy (non-hydrogen) atoms. The number of hydrogen-bond acceptors (Lipinski definition) is 7. The van der Waals surface area contributed by atoms with Gasteiger partial charge in [0.25, 0.3) is 0 Å². The van der Waals surface area contributed by atoms with E-state index in [1.54, 1.807) is 0 Å². The minimum absolute atomic E-state index is 0.231. The van der Waals surface area contributed by atoms with E-state index in [9.17, 15) is 0 Å². The first kappa shape index (κ1) is 19.6. The van der Waals surface area contributed by atoms with Gasteiger partial charge in [-0.05, 0) is 30.3 Å². The van der Waals surface area contributed by atoms with E-state index in [4.69, 9.17) is 15.2 Å². The van der Waals surface area contributed by atoms with E-state index in [0.29, 0.717) is 37.6 Å². The number of quaternary nitrogens is 1. The van der Waals surface area contributed by atoms with Crippen molar-refractivity contribution >= 4 is 17.6 Å². The Bertz CT molecular complexity index is 1050. The van der Waals surface area contributed by atoms with Crippen molar-refractivity contribution in [2.24, 2.45) is 0 Å². The molecule has 1 aromatic heterocycles. The number of rotatable bonds is 5. The number of benzene rings is 2. The standard InChI is InChI=1S/C23H26N6O2/c24-22-26-21(27-23(28-22)25-17-6-2-1-3-7-17)15-29-11-4-8-18(29)16-9-10-19-20(14-16)31-13-5-12-30-19/h1-3,6-7,9-10,14,18H,4-5,8,11-13,15H2,(H3,24,25,26,27,28)/p+1/t18-/m0/s1. The van der Waals surface area contributed by atoms with Gasteiger partial charge in [-0.25, -0.2) is 0 Å². The molecule has 3 heterocycles. The highest BCUT2D eigenvalue weighted by Crippen LogP contribution is 2.33. The van der Waals surface area contributed by atoms with Crippen LogP contribution in [-0.4, -0.2) is 34.7 Å². The molecule has 1 fully saturated rings. The normalized spacial score (nSPS) is 20.3. The fraction of sp³-hybridized carbons (Fsp3) is 0.348. The van der Waals surface area contributed by atoms with E-state index < -0.39 is 0 Å². The van der Waals surface area contributed by atoms with Gasteiger partial charge >= 0.3 is 0 Å². The first-order chi connectivity index (χ1) is 15.2. The monoisotopic (exact) mass is 419 g/mol. The molecule has 8 nitrogen and oxygen atoms in total. The Morgan fingerprint density at radius 2 is 1.81 bits per heavy atom. The highest BCUT2D eigenvalue weighted by molar-refractivity contribution is 5.53. The average Bonchev–Trinajstić information content (AvgIpc) is 3.09. The Hall–Kier alpha value is -3.39. The zero-order valence-corrected chi connectivity index (χ0v) is 17.4. The molecule has 2 aromatic carbocycles. The summed E-state index contributed by atoms with van der Waals surface area (Å²) in [4.78, 5) is 14.7. The van der Waals surface area contributed by atoms with Gasteiger partial charge in [0.2, 0.25) is 11.9 Å². The van der Waals surface area contributed by atoms with Crippen molar-refractivity contribution in [1.82, 2.24) is 15.0 Å². The molecule has 0 amide bonds. The van der Waals surface area contributed by atoms with Crippen LogP contribution in [0.2, 0.25) is 0 Å². The Morgan fingerprint density at radius 3 is 2.68 bits per heavy atom. The molecule has 2 atom stereocenters. The summed E-state index contributed by atoms with van der Waals surface area (Å²) in [6.07, 6.45) is 3.18. The van der Waals surface area contributed by atoms with Gasteiger partial charge in [0.15, 0.2) is 17.3 Å². The molecular formula is C23H27N6O2+. The summed E-state index contributed by atoms with van der Waals surface area (Å²) in [6.45, 7) is 3.15. The number of likely N-dealkylation sites (tertiary alicyclic amines) is 1. The predicted molar refractivity (Wildman–Crippen MR) is 118 cm³/mol. The zero-order valence-electron chi connectivity index (χ0n) is 17.4. The molecule has 8 heteroatoms. The van der Waals surface area contributed by atoms with Crippen LogP contribution in [0.5, 0.6) is 11.5 Å². The lowest BCUT2D eigenvalue weighted by Gasteiger charge is -2.22. The van der Waals surface area contributed by atoms with Crippen molar-refractivity contribution in [2.45, 2.75) is 31.8 Å². The summed E-state index contributed by atoms with van der Waals surface area (Å²) >= 11 is 0. The van der Waals surface area contributed by atoms with Gasteiger partial charge in [0.1, 0.15) is 12.6 Å². The predicted octanol–water partition coefficient (Wildman–Crippen LogP) is 2.28. The highest BCUT2D eigenvalue weighted by atomic mass is 16.5. The zero-order chi connectivity index (χ0) is 21.0. The van der Waals surface area contributed by atoms with Crippen LogP contribution in [0.1, 0.15) is 36.7 Å². The second kappa shape index (κ2) is 8.77. The first-order valence-corrected chi connectivity index (χ1v) is 10.8. The largest absolute Gasteiger partial charge is 0.490 e. The number of nitrogens with two attached hydrogens (primary N) is 1. The van der Waals surface area contributed by atoms with Crippen LogP contribution in [0, 0.1) is 0 Å². The van der Waals surface area contributed by atoms with Gasteiger partial charge in [-0.1, -0.05) is 18.2 Å². The highest BCUT2D eigenvalue weighted by Gasteiger charge is 2.32. The van der Waals surface area contributed by atoms with Crippen molar-refractivity contribution in [3.05, 3.63) is 59.9 Å². The van der Waals surface area contributed by atoms with E-state index in [2.05, 4.69) is 32.4 Å². The maximum atomic E-state index is 5.98. The minimum Gasteiger partial charge on any atom is -0.490 e. The van der Waals surface area contributed by atoms with Crippen LogP contribution in [0.25, 0.3) is 0 Å². The Labute approximate surface area is 181 Å². The Morgan fingerprint density at radius 1 is 0.968 bits per heavy atom. The van der Waals surface area contributed by atoms with Gasteiger partial charge in [-0.3, -0.25) is 0 Å². The summed E-state index contributed by atoms with van der Waals surface area (Å²) in [6, 6.07) is 16.5.